The molecule has 0 atom stereocenters. The molecule has 0 saturated heterocycles. The normalized spacial score (nSPS) is 11.6. The minimum Gasteiger partial charge on any atom is -0.322 e. The van der Waals surface area contributed by atoms with Crippen molar-refractivity contribution < 1.29 is 13.2 Å². The van der Waals surface area contributed by atoms with Crippen molar-refractivity contribution in [3.8, 4) is 0 Å². The maximum Gasteiger partial charge on any atom is 0.255 e. The van der Waals surface area contributed by atoms with E-state index in [0.717, 1.165) is 11.1 Å². The monoisotopic (exact) mass is 422 g/mol. The summed E-state index contributed by atoms with van der Waals surface area (Å²) in [5, 5.41) is 2.83. The number of carbonyl (C=O) groups is 1. The zero-order valence-corrected chi connectivity index (χ0v) is 18.2. The molecule has 5 nitrogen and oxygen atoms in total. The van der Waals surface area contributed by atoms with E-state index in [9.17, 15) is 13.2 Å². The Morgan fingerprint density at radius 3 is 2.20 bits per heavy atom. The molecule has 30 heavy (non-hydrogen) atoms. The molecule has 0 spiro atoms. The molecule has 0 aromatic heterocycles. The van der Waals surface area contributed by atoms with Gasteiger partial charge in [-0.25, -0.2) is 8.42 Å². The number of carbonyl (C=O) groups excluding carboxylic acids is 1. The Morgan fingerprint density at radius 2 is 1.60 bits per heavy atom. The summed E-state index contributed by atoms with van der Waals surface area (Å²) in [6, 6.07) is 22.8. The Bertz CT molecular complexity index is 1110. The second kappa shape index (κ2) is 9.24. The van der Waals surface area contributed by atoms with Gasteiger partial charge in [-0.2, -0.15) is 4.31 Å². The highest BCUT2D eigenvalue weighted by atomic mass is 32.2. The van der Waals surface area contributed by atoms with Crippen LogP contribution in [0.3, 0.4) is 0 Å². The van der Waals surface area contributed by atoms with Crippen LogP contribution in [0.15, 0.2) is 83.8 Å². The molecule has 0 radical (unpaired) electrons. The van der Waals surface area contributed by atoms with Gasteiger partial charge in [-0.1, -0.05) is 42.5 Å². The third-order valence-electron chi connectivity index (χ3n) is 4.76. The molecular weight excluding hydrogens is 396 g/mol. The lowest BCUT2D eigenvalue weighted by molar-refractivity contribution is 0.102. The SMILES string of the molecule is Cc1cccc(NC(=O)c2ccc(S(=O)(=O)N(Cc3ccccc3)C(C)C)cc2)c1. The standard InChI is InChI=1S/C24H26N2O3S/c1-18(2)26(17-20-9-5-4-6-10-20)30(28,29)23-14-12-21(13-15-23)24(27)25-22-11-7-8-19(3)16-22/h4-16,18H,17H2,1-3H3,(H,25,27). The molecule has 0 aliphatic heterocycles. The van der Waals surface area contributed by atoms with Gasteiger partial charge in [0, 0.05) is 23.8 Å². The van der Waals surface area contributed by atoms with Crippen LogP contribution in [0.5, 0.6) is 0 Å². The van der Waals surface area contributed by atoms with Crippen LogP contribution in [0.25, 0.3) is 0 Å². The highest BCUT2D eigenvalue weighted by Gasteiger charge is 2.27. The molecule has 3 aromatic rings. The summed E-state index contributed by atoms with van der Waals surface area (Å²) in [4.78, 5) is 12.7. The van der Waals surface area contributed by atoms with Crippen molar-refractivity contribution >= 4 is 21.6 Å². The second-order valence-electron chi connectivity index (χ2n) is 7.48. The van der Waals surface area contributed by atoms with Crippen molar-refractivity contribution in [1.82, 2.24) is 4.31 Å². The number of benzene rings is 3. The zero-order chi connectivity index (χ0) is 21.7. The minimum absolute atomic E-state index is 0.166. The van der Waals surface area contributed by atoms with Gasteiger partial charge in [0.05, 0.1) is 4.90 Å². The van der Waals surface area contributed by atoms with Crippen molar-refractivity contribution in [2.75, 3.05) is 5.32 Å². The first-order chi connectivity index (χ1) is 14.3. The number of nitrogens with one attached hydrogen (secondary N) is 1. The summed E-state index contributed by atoms with van der Waals surface area (Å²) < 4.78 is 27.9. The molecule has 1 amide bonds. The van der Waals surface area contributed by atoms with Crippen LogP contribution in [0.1, 0.15) is 35.3 Å². The van der Waals surface area contributed by atoms with Gasteiger partial charge >= 0.3 is 0 Å². The highest BCUT2D eigenvalue weighted by Crippen LogP contribution is 2.22. The minimum atomic E-state index is -3.70. The van der Waals surface area contributed by atoms with E-state index in [2.05, 4.69) is 5.32 Å². The summed E-state index contributed by atoms with van der Waals surface area (Å²) in [5.41, 5.74) is 3.06. The lowest BCUT2D eigenvalue weighted by Gasteiger charge is -2.26. The first-order valence-electron chi connectivity index (χ1n) is 9.81. The second-order valence-corrected chi connectivity index (χ2v) is 9.37. The van der Waals surface area contributed by atoms with Crippen molar-refractivity contribution in [3.05, 3.63) is 95.6 Å². The van der Waals surface area contributed by atoms with E-state index in [1.807, 2.05) is 75.4 Å². The molecular formula is C24H26N2O3S. The number of amides is 1. The summed E-state index contributed by atoms with van der Waals surface area (Å²) in [5.74, 6) is -0.283. The van der Waals surface area contributed by atoms with Gasteiger partial charge in [-0.3, -0.25) is 4.79 Å². The van der Waals surface area contributed by atoms with Gasteiger partial charge in [0.25, 0.3) is 5.91 Å². The average Bonchev–Trinajstić information content (AvgIpc) is 2.72. The fourth-order valence-corrected chi connectivity index (χ4v) is 4.77. The Hall–Kier alpha value is -2.96. The smallest absolute Gasteiger partial charge is 0.255 e. The van der Waals surface area contributed by atoms with Crippen molar-refractivity contribution in [3.63, 3.8) is 0 Å². The van der Waals surface area contributed by atoms with Crippen LogP contribution < -0.4 is 5.32 Å². The Labute approximate surface area is 178 Å². The van der Waals surface area contributed by atoms with Crippen LogP contribution in [0.4, 0.5) is 5.69 Å². The van der Waals surface area contributed by atoms with Gasteiger partial charge in [-0.15, -0.1) is 0 Å². The van der Waals surface area contributed by atoms with E-state index in [4.69, 9.17) is 0 Å². The van der Waals surface area contributed by atoms with Gasteiger partial charge in [0.15, 0.2) is 0 Å². The molecule has 0 unspecified atom stereocenters. The summed E-state index contributed by atoms with van der Waals surface area (Å²) in [6.45, 7) is 5.94. The molecule has 6 heteroatoms. The topological polar surface area (TPSA) is 66.5 Å². The number of aryl methyl sites for hydroxylation is 1. The quantitative estimate of drug-likeness (QED) is 0.592. The van der Waals surface area contributed by atoms with Crippen LogP contribution in [0, 0.1) is 6.92 Å². The number of rotatable bonds is 7. The highest BCUT2D eigenvalue weighted by molar-refractivity contribution is 7.89. The Balaban J connectivity index is 1.80. The maximum atomic E-state index is 13.2. The fraction of sp³-hybridized carbons (Fsp3) is 0.208. The number of sulfonamides is 1. The molecule has 0 aliphatic rings. The zero-order valence-electron chi connectivity index (χ0n) is 17.4. The summed E-state index contributed by atoms with van der Waals surface area (Å²) in [7, 11) is -3.70. The van der Waals surface area contributed by atoms with Crippen LogP contribution in [-0.2, 0) is 16.6 Å². The number of anilines is 1. The van der Waals surface area contributed by atoms with Gasteiger partial charge in [0.2, 0.25) is 10.0 Å². The Morgan fingerprint density at radius 1 is 0.933 bits per heavy atom. The van der Waals surface area contributed by atoms with E-state index in [1.54, 1.807) is 12.1 Å². The molecule has 0 bridgehead atoms. The predicted molar refractivity (Wildman–Crippen MR) is 120 cm³/mol. The summed E-state index contributed by atoms with van der Waals surface area (Å²) in [6.07, 6.45) is 0. The molecule has 0 aliphatic carbocycles. The van der Waals surface area contributed by atoms with E-state index in [1.165, 1.54) is 16.4 Å². The fourth-order valence-electron chi connectivity index (χ4n) is 3.15. The lowest BCUT2D eigenvalue weighted by Crippen LogP contribution is -2.36. The lowest BCUT2D eigenvalue weighted by atomic mass is 10.2. The Kier molecular flexibility index (Phi) is 6.70. The number of hydrogen-bond acceptors (Lipinski definition) is 3. The van der Waals surface area contributed by atoms with E-state index in [-0.39, 0.29) is 23.4 Å². The number of nitrogens with zero attached hydrogens (tertiary/aromatic N) is 1. The first kappa shape index (κ1) is 21.7. The van der Waals surface area contributed by atoms with Crippen LogP contribution in [0.2, 0.25) is 0 Å². The van der Waals surface area contributed by atoms with E-state index < -0.39 is 10.0 Å². The van der Waals surface area contributed by atoms with Gasteiger partial charge in [0.1, 0.15) is 0 Å². The molecule has 1 N–H and O–H groups in total. The third-order valence-corrected chi connectivity index (χ3v) is 6.79. The molecule has 3 aromatic carbocycles. The van der Waals surface area contributed by atoms with Crippen LogP contribution >= 0.6 is 0 Å². The molecule has 0 heterocycles. The predicted octanol–water partition coefficient (Wildman–Crippen LogP) is 4.85. The molecule has 0 saturated carbocycles. The van der Waals surface area contributed by atoms with Gasteiger partial charge < -0.3 is 5.32 Å². The maximum absolute atomic E-state index is 13.2. The van der Waals surface area contributed by atoms with Crippen molar-refractivity contribution in [1.29, 1.82) is 0 Å². The molecule has 3 rings (SSSR count). The molecule has 0 fully saturated rings. The molecule has 156 valence electrons. The van der Waals surface area contributed by atoms with E-state index >= 15 is 0 Å². The van der Waals surface area contributed by atoms with Crippen LogP contribution in [-0.4, -0.2) is 24.7 Å². The van der Waals surface area contributed by atoms with E-state index in [0.29, 0.717) is 11.3 Å². The average molecular weight is 423 g/mol. The first-order valence-corrected chi connectivity index (χ1v) is 11.3. The van der Waals surface area contributed by atoms with Crippen molar-refractivity contribution in [2.24, 2.45) is 0 Å². The summed E-state index contributed by atoms with van der Waals surface area (Å²) >= 11 is 0. The van der Waals surface area contributed by atoms with Crippen molar-refractivity contribution in [2.45, 2.75) is 38.3 Å². The van der Waals surface area contributed by atoms with Gasteiger partial charge in [-0.05, 0) is 68.3 Å². The third kappa shape index (κ3) is 5.14. The largest absolute Gasteiger partial charge is 0.322 e. The number of hydrogen-bond donors (Lipinski definition) is 1.